The molecule has 2 nitrogen and oxygen atoms in total. The molecule has 0 aliphatic heterocycles. The summed E-state index contributed by atoms with van der Waals surface area (Å²) >= 11 is 1.50. The number of alkyl halides is 3. The van der Waals surface area contributed by atoms with Crippen LogP contribution in [-0.2, 0) is 0 Å². The van der Waals surface area contributed by atoms with Crippen molar-refractivity contribution in [2.45, 2.75) is 30.8 Å². The molecule has 0 amide bonds. The maximum atomic E-state index is 12.0. The number of rotatable bonds is 6. The molecular formula is C13H14F3NOS. The Balaban J connectivity index is 2.63. The second kappa shape index (κ2) is 7.29. The summed E-state index contributed by atoms with van der Waals surface area (Å²) in [5, 5.41) is 9.09. The molecule has 0 saturated heterocycles. The molecule has 0 atom stereocenters. The summed E-state index contributed by atoms with van der Waals surface area (Å²) in [7, 11) is 0. The molecule has 1 aromatic rings. The standard InChI is InChI=1S/C13H14F3NOS/c1-2-19-12-6-3-5-11(10(12)9-17)18-8-4-7-13(14,15)16/h3,5-6H,2,4,7-8H2,1H3. The van der Waals surface area contributed by atoms with Gasteiger partial charge in [-0.05, 0) is 24.3 Å². The van der Waals surface area contributed by atoms with Crippen LogP contribution in [-0.4, -0.2) is 18.5 Å². The summed E-state index contributed by atoms with van der Waals surface area (Å²) in [6.07, 6.45) is -5.15. The zero-order valence-corrected chi connectivity index (χ0v) is 11.3. The summed E-state index contributed by atoms with van der Waals surface area (Å²) in [6.45, 7) is 1.91. The molecule has 0 fully saturated rings. The van der Waals surface area contributed by atoms with Crippen LogP contribution in [0.2, 0.25) is 0 Å². The fraction of sp³-hybridized carbons (Fsp3) is 0.462. The van der Waals surface area contributed by atoms with Gasteiger partial charge in [-0.3, -0.25) is 0 Å². The molecule has 0 spiro atoms. The van der Waals surface area contributed by atoms with Crippen LogP contribution < -0.4 is 4.74 Å². The van der Waals surface area contributed by atoms with Crippen LogP contribution in [0.25, 0.3) is 0 Å². The van der Waals surface area contributed by atoms with Crippen molar-refractivity contribution in [3.8, 4) is 11.8 Å². The van der Waals surface area contributed by atoms with E-state index in [1.54, 1.807) is 18.2 Å². The van der Waals surface area contributed by atoms with Gasteiger partial charge in [0.2, 0.25) is 0 Å². The highest BCUT2D eigenvalue weighted by Gasteiger charge is 2.26. The topological polar surface area (TPSA) is 33.0 Å². The lowest BCUT2D eigenvalue weighted by molar-refractivity contribution is -0.136. The number of hydrogen-bond donors (Lipinski definition) is 0. The maximum Gasteiger partial charge on any atom is 0.389 e. The monoisotopic (exact) mass is 289 g/mol. The van der Waals surface area contributed by atoms with Gasteiger partial charge in [0, 0.05) is 11.3 Å². The Bertz CT molecular complexity index is 454. The van der Waals surface area contributed by atoms with Crippen molar-refractivity contribution in [3.05, 3.63) is 23.8 Å². The van der Waals surface area contributed by atoms with E-state index in [1.165, 1.54) is 11.8 Å². The van der Waals surface area contributed by atoms with Crippen LogP contribution >= 0.6 is 11.8 Å². The third kappa shape index (κ3) is 5.43. The molecule has 0 radical (unpaired) electrons. The average molecular weight is 289 g/mol. The Kier molecular flexibility index (Phi) is 6.03. The van der Waals surface area contributed by atoms with Crippen molar-refractivity contribution in [2.75, 3.05) is 12.4 Å². The van der Waals surface area contributed by atoms with Crippen LogP contribution in [0, 0.1) is 11.3 Å². The number of ether oxygens (including phenoxy) is 1. The van der Waals surface area contributed by atoms with Gasteiger partial charge in [-0.2, -0.15) is 18.4 Å². The summed E-state index contributed by atoms with van der Waals surface area (Å²) < 4.78 is 41.2. The third-order valence-electron chi connectivity index (χ3n) is 2.26. The molecule has 0 unspecified atom stereocenters. The SMILES string of the molecule is CCSc1cccc(OCCCC(F)(F)F)c1C#N. The first-order valence-corrected chi connectivity index (χ1v) is 6.82. The van der Waals surface area contributed by atoms with E-state index in [0.717, 1.165) is 10.6 Å². The summed E-state index contributed by atoms with van der Waals surface area (Å²) in [5.74, 6) is 1.16. The normalized spacial score (nSPS) is 11.1. The fourth-order valence-corrected chi connectivity index (χ4v) is 2.25. The quantitative estimate of drug-likeness (QED) is 0.575. The summed E-state index contributed by atoms with van der Waals surface area (Å²) in [5.41, 5.74) is 0.390. The minimum Gasteiger partial charge on any atom is -0.492 e. The molecule has 0 heterocycles. The molecule has 0 aliphatic rings. The molecule has 6 heteroatoms. The molecule has 104 valence electrons. The van der Waals surface area contributed by atoms with Crippen molar-refractivity contribution in [2.24, 2.45) is 0 Å². The highest BCUT2D eigenvalue weighted by Crippen LogP contribution is 2.29. The summed E-state index contributed by atoms with van der Waals surface area (Å²) in [6, 6.07) is 7.18. The van der Waals surface area contributed by atoms with Crippen molar-refractivity contribution in [3.63, 3.8) is 0 Å². The van der Waals surface area contributed by atoms with Gasteiger partial charge in [-0.15, -0.1) is 11.8 Å². The maximum absolute atomic E-state index is 12.0. The second-order valence-electron chi connectivity index (χ2n) is 3.74. The highest BCUT2D eigenvalue weighted by molar-refractivity contribution is 7.99. The Labute approximate surface area is 114 Å². The van der Waals surface area contributed by atoms with E-state index in [2.05, 4.69) is 0 Å². The largest absolute Gasteiger partial charge is 0.492 e. The first-order chi connectivity index (χ1) is 8.98. The highest BCUT2D eigenvalue weighted by atomic mass is 32.2. The number of thioether (sulfide) groups is 1. The van der Waals surface area contributed by atoms with E-state index in [4.69, 9.17) is 10.00 Å². The van der Waals surface area contributed by atoms with Crippen LogP contribution in [0.15, 0.2) is 23.1 Å². The van der Waals surface area contributed by atoms with Gasteiger partial charge in [0.25, 0.3) is 0 Å². The zero-order chi connectivity index (χ0) is 14.3. The Hall–Kier alpha value is -1.35. The molecule has 1 aromatic carbocycles. The number of nitriles is 1. The first-order valence-electron chi connectivity index (χ1n) is 5.83. The van der Waals surface area contributed by atoms with Gasteiger partial charge in [0.15, 0.2) is 0 Å². The number of hydrogen-bond acceptors (Lipinski definition) is 3. The van der Waals surface area contributed by atoms with Gasteiger partial charge >= 0.3 is 6.18 Å². The van der Waals surface area contributed by atoms with Gasteiger partial charge < -0.3 is 4.74 Å². The molecule has 0 bridgehead atoms. The third-order valence-corrected chi connectivity index (χ3v) is 3.20. The van der Waals surface area contributed by atoms with E-state index in [1.807, 2.05) is 13.0 Å². The van der Waals surface area contributed by atoms with E-state index in [-0.39, 0.29) is 13.0 Å². The Morgan fingerprint density at radius 3 is 2.68 bits per heavy atom. The second-order valence-corrected chi connectivity index (χ2v) is 5.05. The van der Waals surface area contributed by atoms with Crippen molar-refractivity contribution >= 4 is 11.8 Å². The van der Waals surface area contributed by atoms with E-state index in [0.29, 0.717) is 11.3 Å². The van der Waals surface area contributed by atoms with Crippen LogP contribution in [0.1, 0.15) is 25.3 Å². The Morgan fingerprint density at radius 1 is 1.37 bits per heavy atom. The Morgan fingerprint density at radius 2 is 2.11 bits per heavy atom. The average Bonchev–Trinajstić information content (AvgIpc) is 2.34. The van der Waals surface area contributed by atoms with E-state index >= 15 is 0 Å². The van der Waals surface area contributed by atoms with Gasteiger partial charge in [0.05, 0.1) is 6.61 Å². The predicted octanol–water partition coefficient (Wildman–Crippen LogP) is 4.39. The fourth-order valence-electron chi connectivity index (χ4n) is 1.47. The lowest BCUT2D eigenvalue weighted by atomic mass is 10.2. The first kappa shape index (κ1) is 15.7. The molecular weight excluding hydrogens is 275 g/mol. The van der Waals surface area contributed by atoms with Gasteiger partial charge in [-0.25, -0.2) is 0 Å². The molecule has 0 aliphatic carbocycles. The van der Waals surface area contributed by atoms with Crippen LogP contribution in [0.3, 0.4) is 0 Å². The molecule has 0 N–H and O–H groups in total. The van der Waals surface area contributed by atoms with E-state index < -0.39 is 12.6 Å². The van der Waals surface area contributed by atoms with Crippen molar-refractivity contribution in [1.29, 1.82) is 5.26 Å². The smallest absolute Gasteiger partial charge is 0.389 e. The van der Waals surface area contributed by atoms with Crippen molar-refractivity contribution < 1.29 is 17.9 Å². The minimum absolute atomic E-state index is 0.0472. The van der Waals surface area contributed by atoms with Gasteiger partial charge in [-0.1, -0.05) is 13.0 Å². The molecule has 19 heavy (non-hydrogen) atoms. The van der Waals surface area contributed by atoms with Crippen molar-refractivity contribution in [1.82, 2.24) is 0 Å². The zero-order valence-electron chi connectivity index (χ0n) is 10.5. The van der Waals surface area contributed by atoms with Crippen LogP contribution in [0.5, 0.6) is 5.75 Å². The minimum atomic E-state index is -4.17. The molecule has 0 aromatic heterocycles. The van der Waals surface area contributed by atoms with Crippen LogP contribution in [0.4, 0.5) is 13.2 Å². The van der Waals surface area contributed by atoms with Gasteiger partial charge in [0.1, 0.15) is 17.4 Å². The summed E-state index contributed by atoms with van der Waals surface area (Å²) in [4.78, 5) is 0.790. The molecule has 1 rings (SSSR count). The lowest BCUT2D eigenvalue weighted by Gasteiger charge is -2.11. The predicted molar refractivity (Wildman–Crippen MR) is 68.3 cm³/mol. The lowest BCUT2D eigenvalue weighted by Crippen LogP contribution is -2.10. The van der Waals surface area contributed by atoms with E-state index in [9.17, 15) is 13.2 Å². The molecule has 0 saturated carbocycles. The number of benzene rings is 1. The number of nitrogens with zero attached hydrogens (tertiary/aromatic N) is 1. The number of halogens is 3.